The molecule has 2 saturated heterocycles. The van der Waals surface area contributed by atoms with E-state index < -0.39 is 0 Å². The summed E-state index contributed by atoms with van der Waals surface area (Å²) in [6.07, 6.45) is 5.95. The highest BCUT2D eigenvalue weighted by atomic mass is 79.9. The molecule has 1 amide bonds. The van der Waals surface area contributed by atoms with Crippen molar-refractivity contribution >= 4 is 27.5 Å². The van der Waals surface area contributed by atoms with Crippen LogP contribution >= 0.6 is 15.9 Å². The maximum atomic E-state index is 13.9. The van der Waals surface area contributed by atoms with Crippen LogP contribution in [0.5, 0.6) is 0 Å². The molecule has 1 atom stereocenters. The van der Waals surface area contributed by atoms with E-state index in [-0.39, 0.29) is 29.3 Å². The van der Waals surface area contributed by atoms with Gasteiger partial charge in [-0.05, 0) is 73.0 Å². The number of carbonyl (C=O) groups excluding carboxylic acids is 1. The number of rotatable bonds is 2. The molecule has 26 heavy (non-hydrogen) atoms. The lowest BCUT2D eigenvalue weighted by Crippen LogP contribution is -2.50. The van der Waals surface area contributed by atoms with E-state index in [0.717, 1.165) is 63.7 Å². The zero-order valence-electron chi connectivity index (χ0n) is 15.0. The lowest BCUT2D eigenvalue weighted by atomic mass is 9.78. The zero-order chi connectivity index (χ0) is 18.3. The fourth-order valence-corrected chi connectivity index (χ4v) is 5.53. The van der Waals surface area contributed by atoms with Gasteiger partial charge in [0.1, 0.15) is 5.82 Å². The summed E-state index contributed by atoms with van der Waals surface area (Å²) >= 11 is 3.37. The maximum Gasteiger partial charge on any atom is 0.230 e. The summed E-state index contributed by atoms with van der Waals surface area (Å²) < 4.78 is 14.4. The molecule has 1 saturated carbocycles. The minimum atomic E-state index is -0.333. The second-order valence-electron chi connectivity index (χ2n) is 8.09. The van der Waals surface area contributed by atoms with Crippen LogP contribution in [0.4, 0.5) is 10.1 Å². The van der Waals surface area contributed by atoms with Crippen molar-refractivity contribution in [3.05, 3.63) is 28.5 Å². The van der Waals surface area contributed by atoms with Gasteiger partial charge in [-0.3, -0.25) is 4.79 Å². The summed E-state index contributed by atoms with van der Waals surface area (Å²) in [7, 11) is 0. The van der Waals surface area contributed by atoms with Gasteiger partial charge in [-0.1, -0.05) is 6.07 Å². The molecule has 3 aliphatic rings. The highest BCUT2D eigenvalue weighted by Crippen LogP contribution is 2.44. The predicted octanol–water partition coefficient (Wildman–Crippen LogP) is 3.71. The monoisotopic (exact) mass is 424 g/mol. The van der Waals surface area contributed by atoms with E-state index in [1.807, 2.05) is 6.07 Å². The minimum absolute atomic E-state index is 0.201. The molecule has 4 rings (SSSR count). The summed E-state index contributed by atoms with van der Waals surface area (Å²) in [5, 5.41) is 9.74. The summed E-state index contributed by atoms with van der Waals surface area (Å²) in [6, 6.07) is 5.38. The van der Waals surface area contributed by atoms with Crippen LogP contribution in [0.1, 0.15) is 44.9 Å². The summed E-state index contributed by atoms with van der Waals surface area (Å²) in [4.78, 5) is 17.6. The van der Waals surface area contributed by atoms with Crippen LogP contribution < -0.4 is 4.90 Å². The average molecular weight is 425 g/mol. The highest BCUT2D eigenvalue weighted by Gasteiger charge is 2.50. The third-order valence-electron chi connectivity index (χ3n) is 6.50. The molecule has 1 aliphatic carbocycles. The molecular formula is C20H26BrFN2O2. The van der Waals surface area contributed by atoms with E-state index in [0.29, 0.717) is 11.0 Å². The number of aliphatic hydroxyl groups is 1. The first-order valence-corrected chi connectivity index (χ1v) is 10.5. The van der Waals surface area contributed by atoms with E-state index >= 15 is 0 Å². The van der Waals surface area contributed by atoms with Crippen molar-refractivity contribution in [1.29, 1.82) is 0 Å². The Morgan fingerprint density at radius 3 is 2.69 bits per heavy atom. The molecule has 0 radical (unpaired) electrons. The van der Waals surface area contributed by atoms with Crippen LogP contribution in [-0.2, 0) is 4.79 Å². The molecule has 1 aromatic carbocycles. The molecular weight excluding hydrogens is 399 g/mol. The SMILES string of the molecule is O=C1N(C2CCC(O)CC2)CC[C@@]12CCCN(c1cccc(F)c1Br)C2. The van der Waals surface area contributed by atoms with E-state index in [1.54, 1.807) is 6.07 Å². The fourth-order valence-electron chi connectivity index (χ4n) is 5.02. The van der Waals surface area contributed by atoms with Crippen LogP contribution in [0.15, 0.2) is 22.7 Å². The number of benzene rings is 1. The smallest absolute Gasteiger partial charge is 0.230 e. The largest absolute Gasteiger partial charge is 0.393 e. The van der Waals surface area contributed by atoms with Gasteiger partial charge in [0.2, 0.25) is 5.91 Å². The maximum absolute atomic E-state index is 13.9. The van der Waals surface area contributed by atoms with Crippen molar-refractivity contribution in [3.8, 4) is 0 Å². The normalized spacial score (nSPS) is 32.5. The number of carbonyl (C=O) groups is 1. The number of anilines is 1. The third kappa shape index (κ3) is 3.15. The summed E-state index contributed by atoms with van der Waals surface area (Å²) in [5.74, 6) is 0.0124. The fraction of sp³-hybridized carbons (Fsp3) is 0.650. The first-order chi connectivity index (χ1) is 12.5. The Morgan fingerprint density at radius 2 is 1.92 bits per heavy atom. The Kier molecular flexibility index (Phi) is 4.99. The van der Waals surface area contributed by atoms with Crippen molar-refractivity contribution in [1.82, 2.24) is 4.90 Å². The van der Waals surface area contributed by atoms with E-state index in [9.17, 15) is 14.3 Å². The predicted molar refractivity (Wildman–Crippen MR) is 103 cm³/mol. The topological polar surface area (TPSA) is 43.8 Å². The second-order valence-corrected chi connectivity index (χ2v) is 8.88. The van der Waals surface area contributed by atoms with Gasteiger partial charge in [-0.2, -0.15) is 0 Å². The van der Waals surface area contributed by atoms with Gasteiger partial charge in [-0.25, -0.2) is 4.39 Å². The molecule has 142 valence electrons. The summed E-state index contributed by atoms with van der Waals surface area (Å²) in [5.41, 5.74) is 0.510. The minimum Gasteiger partial charge on any atom is -0.393 e. The van der Waals surface area contributed by atoms with Crippen molar-refractivity contribution in [2.24, 2.45) is 5.41 Å². The number of amides is 1. The molecule has 1 aromatic rings. The number of nitrogens with zero attached hydrogens (tertiary/aromatic N) is 2. The number of halogens is 2. The van der Waals surface area contributed by atoms with E-state index in [2.05, 4.69) is 25.7 Å². The van der Waals surface area contributed by atoms with Gasteiger partial charge < -0.3 is 14.9 Å². The van der Waals surface area contributed by atoms with Gasteiger partial charge in [0.25, 0.3) is 0 Å². The Morgan fingerprint density at radius 1 is 1.15 bits per heavy atom. The van der Waals surface area contributed by atoms with Gasteiger partial charge in [0, 0.05) is 25.7 Å². The van der Waals surface area contributed by atoms with Crippen LogP contribution in [0, 0.1) is 11.2 Å². The zero-order valence-corrected chi connectivity index (χ0v) is 16.5. The average Bonchev–Trinajstić information content (AvgIpc) is 2.94. The standard InChI is InChI=1S/C20H26BrFN2O2/c21-18-16(22)3-1-4-17(18)23-11-2-9-20(13-23)10-12-24(19(20)26)14-5-7-15(25)8-6-14/h1,3-4,14-15,25H,2,5-13H2/t14?,15?,20-/m1/s1. The lowest BCUT2D eigenvalue weighted by molar-refractivity contribution is -0.139. The van der Waals surface area contributed by atoms with E-state index in [4.69, 9.17) is 0 Å². The van der Waals surface area contributed by atoms with Gasteiger partial charge >= 0.3 is 0 Å². The molecule has 4 nitrogen and oxygen atoms in total. The molecule has 1 N–H and O–H groups in total. The molecule has 6 heteroatoms. The Labute approximate surface area is 162 Å². The van der Waals surface area contributed by atoms with Crippen LogP contribution in [-0.4, -0.2) is 47.7 Å². The Bertz CT molecular complexity index is 692. The first-order valence-electron chi connectivity index (χ1n) is 9.68. The Hall–Kier alpha value is -1.14. The van der Waals surface area contributed by atoms with Gasteiger partial charge in [0.05, 0.1) is 21.7 Å². The number of aliphatic hydroxyl groups excluding tert-OH is 1. The quantitative estimate of drug-likeness (QED) is 0.786. The Balaban J connectivity index is 1.52. The van der Waals surface area contributed by atoms with Crippen molar-refractivity contribution in [2.45, 2.75) is 57.1 Å². The lowest BCUT2D eigenvalue weighted by Gasteiger charge is -2.41. The van der Waals surface area contributed by atoms with Gasteiger partial charge in [-0.15, -0.1) is 0 Å². The molecule has 0 bridgehead atoms. The second kappa shape index (κ2) is 7.12. The molecule has 2 heterocycles. The molecule has 2 aliphatic heterocycles. The van der Waals surface area contributed by atoms with Crippen LogP contribution in [0.25, 0.3) is 0 Å². The molecule has 1 spiro atoms. The third-order valence-corrected chi connectivity index (χ3v) is 7.29. The number of likely N-dealkylation sites (tertiary alicyclic amines) is 1. The number of hydrogen-bond donors (Lipinski definition) is 1. The van der Waals surface area contributed by atoms with Crippen LogP contribution in [0.3, 0.4) is 0 Å². The van der Waals surface area contributed by atoms with Gasteiger partial charge in [0.15, 0.2) is 0 Å². The van der Waals surface area contributed by atoms with Crippen molar-refractivity contribution < 1.29 is 14.3 Å². The molecule has 0 aromatic heterocycles. The van der Waals surface area contributed by atoms with Crippen molar-refractivity contribution in [3.63, 3.8) is 0 Å². The van der Waals surface area contributed by atoms with E-state index in [1.165, 1.54) is 6.07 Å². The number of hydrogen-bond acceptors (Lipinski definition) is 3. The molecule has 0 unspecified atom stereocenters. The molecule has 3 fully saturated rings. The number of piperidine rings is 1. The highest BCUT2D eigenvalue weighted by molar-refractivity contribution is 9.10. The van der Waals surface area contributed by atoms with Crippen LogP contribution in [0.2, 0.25) is 0 Å². The summed E-state index contributed by atoms with van der Waals surface area (Å²) in [6.45, 7) is 2.34. The van der Waals surface area contributed by atoms with Crippen molar-refractivity contribution in [2.75, 3.05) is 24.5 Å². The first kappa shape index (κ1) is 18.2.